The van der Waals surface area contributed by atoms with Crippen LogP contribution in [0.5, 0.6) is 0 Å². The van der Waals surface area contributed by atoms with E-state index in [1.165, 1.54) is 170 Å². The zero-order valence-corrected chi connectivity index (χ0v) is 71.7. The van der Waals surface area contributed by atoms with Crippen molar-refractivity contribution in [3.05, 3.63) is 410 Å². The third-order valence-electron chi connectivity index (χ3n) is 26.7. The third-order valence-corrected chi connectivity index (χ3v) is 26.7. The van der Waals surface area contributed by atoms with Crippen LogP contribution in [0.2, 0.25) is 0 Å². The number of hydrogen-bond donors (Lipinski definition) is 0. The van der Waals surface area contributed by atoms with E-state index >= 15 is 0 Å². The highest BCUT2D eigenvalue weighted by atomic mass is 15.2. The molecule has 19 aromatic carbocycles. The fourth-order valence-electron chi connectivity index (χ4n) is 19.8. The molecule has 123 heavy (non-hydrogen) atoms. The van der Waals surface area contributed by atoms with Crippen LogP contribution >= 0.6 is 0 Å². The summed E-state index contributed by atoms with van der Waals surface area (Å²) in [7, 11) is 0. The van der Waals surface area contributed by atoms with Crippen LogP contribution in [-0.4, -0.2) is 9.13 Å². The van der Waals surface area contributed by atoms with Crippen molar-refractivity contribution in [3.63, 3.8) is 0 Å². The molecule has 4 nitrogen and oxygen atoms in total. The highest BCUT2D eigenvalue weighted by Crippen LogP contribution is 2.52. The van der Waals surface area contributed by atoms with Crippen LogP contribution in [0.15, 0.2) is 382 Å². The first kappa shape index (κ1) is 74.9. The fourth-order valence-corrected chi connectivity index (χ4v) is 19.8. The van der Waals surface area contributed by atoms with E-state index < -0.39 is 0 Å². The minimum absolute atomic E-state index is 0.0419. The van der Waals surface area contributed by atoms with Crippen LogP contribution in [0.1, 0.15) is 104 Å². The Labute approximate surface area is 720 Å². The van der Waals surface area contributed by atoms with Crippen LogP contribution < -0.4 is 9.80 Å². The highest BCUT2D eigenvalue weighted by molar-refractivity contribution is 6.19. The minimum Gasteiger partial charge on any atom is -0.310 e. The number of aromatic nitrogens is 2. The van der Waals surface area contributed by atoms with Crippen LogP contribution in [0, 0.1) is 0 Å². The first-order chi connectivity index (χ1) is 59.6. The van der Waals surface area contributed by atoms with Gasteiger partial charge in [0, 0.05) is 72.3 Å². The predicted octanol–water partition coefficient (Wildman–Crippen LogP) is 33.5. The van der Waals surface area contributed by atoms with Gasteiger partial charge in [0.05, 0.1) is 27.8 Å². The number of nitrogens with zero attached hydrogens (tertiary/aromatic N) is 4. The number of hydrogen-bond acceptors (Lipinski definition) is 2. The Balaban J connectivity index is 0.658. The minimum atomic E-state index is -0.375. The lowest BCUT2D eigenvalue weighted by molar-refractivity contribution is 0.590. The highest BCUT2D eigenvalue weighted by Gasteiger charge is 2.32. The summed E-state index contributed by atoms with van der Waals surface area (Å²) in [6.07, 6.45) is 0. The lowest BCUT2D eigenvalue weighted by Crippen LogP contribution is -2.19. The van der Waals surface area contributed by atoms with Gasteiger partial charge in [-0.2, -0.15) is 0 Å². The topological polar surface area (TPSA) is 16.3 Å². The Morgan fingerprint density at radius 1 is 0.228 bits per heavy atom. The number of benzene rings is 19. The van der Waals surface area contributed by atoms with Gasteiger partial charge in [0.2, 0.25) is 0 Å². The van der Waals surface area contributed by atoms with Crippen molar-refractivity contribution in [2.45, 2.75) is 97.8 Å². The number of anilines is 6. The molecule has 592 valence electrons. The van der Waals surface area contributed by atoms with Gasteiger partial charge >= 0.3 is 0 Å². The molecule has 3 heterocycles. The van der Waals surface area contributed by atoms with E-state index in [0.29, 0.717) is 0 Å². The van der Waals surface area contributed by atoms with Gasteiger partial charge in [-0.3, -0.25) is 0 Å². The van der Waals surface area contributed by atoms with Gasteiger partial charge in [0.1, 0.15) is 0 Å². The van der Waals surface area contributed by atoms with E-state index in [1.54, 1.807) is 0 Å². The molecule has 0 saturated carbocycles. The van der Waals surface area contributed by atoms with Crippen molar-refractivity contribution in [3.8, 4) is 67.0 Å². The maximum atomic E-state index is 2.55. The number of rotatable bonds is 9. The van der Waals surface area contributed by atoms with Crippen molar-refractivity contribution in [1.29, 1.82) is 0 Å². The average molecular weight is 1580 g/mol. The van der Waals surface area contributed by atoms with Crippen molar-refractivity contribution in [2.75, 3.05) is 9.80 Å². The molecule has 0 aliphatic carbocycles. The molecule has 21 aromatic rings. The first-order valence-corrected chi connectivity index (χ1v) is 43.5. The maximum absolute atomic E-state index is 2.55. The summed E-state index contributed by atoms with van der Waals surface area (Å²) in [6.45, 7) is 25.8. The second-order valence-corrected chi connectivity index (χ2v) is 37.8. The summed E-state index contributed by atoms with van der Waals surface area (Å²) in [4.78, 5) is 4.95. The molecule has 0 fully saturated rings. The largest absolute Gasteiger partial charge is 0.310 e. The van der Waals surface area contributed by atoms with Crippen molar-refractivity contribution < 1.29 is 0 Å². The molecule has 0 saturated heterocycles. The molecule has 0 N–H and O–H groups in total. The number of para-hydroxylation sites is 2. The molecule has 0 amide bonds. The summed E-state index contributed by atoms with van der Waals surface area (Å²) in [5.74, 6) is 0. The smallest absolute Gasteiger partial charge is 0.0550 e. The molecular formula is C119H96N4. The molecule has 6 bridgehead atoms. The Morgan fingerprint density at radius 2 is 0.707 bits per heavy atom. The van der Waals surface area contributed by atoms with Gasteiger partial charge < -0.3 is 18.9 Å². The summed E-state index contributed by atoms with van der Waals surface area (Å²) in [6, 6.07) is 145. The van der Waals surface area contributed by atoms with Gasteiger partial charge in [0.25, 0.3) is 0 Å². The van der Waals surface area contributed by atoms with Gasteiger partial charge in [0.15, 0.2) is 0 Å². The van der Waals surface area contributed by atoms with Crippen LogP contribution in [0.4, 0.5) is 34.1 Å². The average Bonchev–Trinajstić information content (AvgIpc) is 1.57. The first-order valence-electron chi connectivity index (χ1n) is 43.5. The van der Waals surface area contributed by atoms with E-state index in [9.17, 15) is 0 Å². The van der Waals surface area contributed by atoms with Crippen molar-refractivity contribution in [2.24, 2.45) is 0 Å². The SMILES string of the molecule is CC(C)(C)c1ccc2c3c(-c4cccc(N(c5ccc(-c6ccc7ccccc7c6)cc5)c5ccc6c(ccc7ccccc76)c5)c4)cc(C(C)(C)C)cc3n(-c3ccc(-c4cccc5c4ccc4cc(N6c7cccc(c7)-c7cc(cc8c7c7ccc(C(C)(C)C)cc7n8-c7ccccc7)C(C)(C)c7cccc(c7)-c7ccccc76)ccc45)cc3)c2c1. The molecule has 1 aliphatic rings. The van der Waals surface area contributed by atoms with Gasteiger partial charge in [-0.05, 0) is 281 Å². The van der Waals surface area contributed by atoms with E-state index in [1.807, 2.05) is 0 Å². The summed E-state index contributed by atoms with van der Waals surface area (Å²) >= 11 is 0. The molecular weight excluding hydrogens is 1490 g/mol. The molecule has 0 atom stereocenters. The van der Waals surface area contributed by atoms with Crippen LogP contribution in [-0.2, 0) is 21.7 Å². The molecule has 22 rings (SSSR count). The summed E-state index contributed by atoms with van der Waals surface area (Å²) < 4.78 is 5.07. The summed E-state index contributed by atoms with van der Waals surface area (Å²) in [5, 5.41) is 17.2. The Bertz CT molecular complexity index is 7880. The fraction of sp³-hybridized carbons (Fsp3) is 0.126. The van der Waals surface area contributed by atoms with Gasteiger partial charge in [-0.1, -0.05) is 325 Å². The molecule has 1 aliphatic heterocycles. The van der Waals surface area contributed by atoms with E-state index in [4.69, 9.17) is 0 Å². The van der Waals surface area contributed by atoms with Crippen LogP contribution in [0.25, 0.3) is 164 Å². The van der Waals surface area contributed by atoms with E-state index in [2.05, 4.69) is 477 Å². The Morgan fingerprint density at radius 3 is 1.45 bits per heavy atom. The van der Waals surface area contributed by atoms with E-state index in [-0.39, 0.29) is 21.7 Å². The molecule has 2 aromatic heterocycles. The second-order valence-electron chi connectivity index (χ2n) is 37.8. The van der Waals surface area contributed by atoms with Crippen LogP contribution in [0.3, 0.4) is 0 Å². The standard InChI is InChI=1S/C119H96N4/c1-116(2,3)86-50-59-105-110(71-86)122(91-32-13-12-14-33-91)113-74-90-70-108(115(105)113)83-30-23-35-95(66-83)121(109-40-20-19-37-102(109)81-28-21-31-88(64-81)119(90,10)11)97-57-62-101-85(68-97)49-58-104-99(38-24-39-103(101)104)78-47-54-93(55-48-78)123-111-72-87(117(4,5)6)51-60-106(111)114-107(69-89(73-112(114)123)118(7,8)9)82-29-22-34-94(65-82)120(96-56-61-100-84(67-96)44-42-77-26-17-18-36-98(77)100)92-52-45-76(46-53-92)80-43-41-75-25-15-16-27-79(75)63-80/h12-74H,1-11H3. The lowest BCUT2D eigenvalue weighted by atomic mass is 9.76. The molecule has 0 radical (unpaired) electrons. The maximum Gasteiger partial charge on any atom is 0.0550 e. The second kappa shape index (κ2) is 28.4. The van der Waals surface area contributed by atoms with Crippen molar-refractivity contribution >= 4 is 132 Å². The molecule has 4 heteroatoms. The molecule has 0 spiro atoms. The predicted molar refractivity (Wildman–Crippen MR) is 527 cm³/mol. The quantitative estimate of drug-likeness (QED) is 0.134. The van der Waals surface area contributed by atoms with Gasteiger partial charge in [-0.15, -0.1) is 0 Å². The van der Waals surface area contributed by atoms with Crippen molar-refractivity contribution in [1.82, 2.24) is 9.13 Å². The number of fused-ring (bicyclic) bond motifs is 23. The zero-order chi connectivity index (χ0) is 83.5. The summed E-state index contributed by atoms with van der Waals surface area (Å²) in [5.41, 5.74) is 31.1. The zero-order valence-electron chi connectivity index (χ0n) is 71.7. The monoisotopic (exact) mass is 1580 g/mol. The third kappa shape index (κ3) is 12.7. The molecule has 0 unspecified atom stereocenters. The van der Waals surface area contributed by atoms with E-state index in [0.717, 1.165) is 56.6 Å². The van der Waals surface area contributed by atoms with Gasteiger partial charge in [-0.25, -0.2) is 0 Å². The lowest BCUT2D eigenvalue weighted by Gasteiger charge is -2.29. The Hall–Kier alpha value is -14.3. The Kier molecular flexibility index (Phi) is 17.3. The normalized spacial score (nSPS) is 13.0.